The maximum atomic E-state index is 9.72. The fourth-order valence-electron chi connectivity index (χ4n) is 2.56. The van der Waals surface area contributed by atoms with E-state index < -0.39 is 0 Å². The number of benzene rings is 1. The zero-order valence-electron chi connectivity index (χ0n) is 10.7. The average Bonchev–Trinajstić information content (AvgIpc) is 2.29. The molecule has 0 saturated carbocycles. The minimum Gasteiger partial charge on any atom is -0.391 e. The third-order valence-corrected chi connectivity index (χ3v) is 3.38. The van der Waals surface area contributed by atoms with Gasteiger partial charge in [-0.2, -0.15) is 0 Å². The molecular formula is C14H22N2O. The second kappa shape index (κ2) is 5.52. The minimum atomic E-state index is -0.167. The Morgan fingerprint density at radius 1 is 1.47 bits per heavy atom. The molecule has 0 spiro atoms. The third-order valence-electron chi connectivity index (χ3n) is 3.38. The van der Waals surface area contributed by atoms with Gasteiger partial charge < -0.3 is 15.3 Å². The molecule has 3 heteroatoms. The van der Waals surface area contributed by atoms with E-state index in [2.05, 4.69) is 35.3 Å². The summed E-state index contributed by atoms with van der Waals surface area (Å²) in [6, 6.07) is 6.58. The monoisotopic (exact) mass is 234 g/mol. The molecule has 1 aliphatic heterocycles. The molecule has 2 N–H and O–H groups in total. The number of aliphatic hydroxyl groups excluding tert-OH is 1. The lowest BCUT2D eigenvalue weighted by molar-refractivity contribution is 0.154. The van der Waals surface area contributed by atoms with Gasteiger partial charge in [0.1, 0.15) is 0 Å². The van der Waals surface area contributed by atoms with Crippen molar-refractivity contribution in [3.8, 4) is 0 Å². The number of piperidine rings is 1. The van der Waals surface area contributed by atoms with E-state index >= 15 is 0 Å². The van der Waals surface area contributed by atoms with Crippen molar-refractivity contribution in [2.75, 3.05) is 25.0 Å². The fraction of sp³-hybridized carbons (Fsp3) is 0.571. The van der Waals surface area contributed by atoms with Gasteiger partial charge in [0.05, 0.1) is 6.10 Å². The molecule has 0 amide bonds. The molecule has 2 rings (SSSR count). The SMILES string of the molecule is CNCc1ccc(N2CCCC(O)C2)c(C)c1. The predicted molar refractivity (Wildman–Crippen MR) is 71.4 cm³/mol. The Balaban J connectivity index is 2.15. The topological polar surface area (TPSA) is 35.5 Å². The summed E-state index contributed by atoms with van der Waals surface area (Å²) in [7, 11) is 1.96. The van der Waals surface area contributed by atoms with Crippen LogP contribution in [0.15, 0.2) is 18.2 Å². The predicted octanol–water partition coefficient (Wildman–Crippen LogP) is 1.68. The highest BCUT2D eigenvalue weighted by Crippen LogP contribution is 2.24. The summed E-state index contributed by atoms with van der Waals surface area (Å²) in [4.78, 5) is 2.30. The van der Waals surface area contributed by atoms with E-state index in [9.17, 15) is 5.11 Å². The van der Waals surface area contributed by atoms with Gasteiger partial charge in [0, 0.05) is 25.3 Å². The Morgan fingerprint density at radius 3 is 2.94 bits per heavy atom. The summed E-state index contributed by atoms with van der Waals surface area (Å²) in [6.07, 6.45) is 1.85. The molecule has 0 radical (unpaired) electrons. The van der Waals surface area contributed by atoms with Crippen molar-refractivity contribution < 1.29 is 5.11 Å². The molecule has 1 aromatic rings. The van der Waals surface area contributed by atoms with Crippen molar-refractivity contribution in [3.05, 3.63) is 29.3 Å². The van der Waals surface area contributed by atoms with Gasteiger partial charge in [-0.15, -0.1) is 0 Å². The van der Waals surface area contributed by atoms with Gasteiger partial charge in [-0.3, -0.25) is 0 Å². The number of aliphatic hydroxyl groups is 1. The maximum absolute atomic E-state index is 9.72. The van der Waals surface area contributed by atoms with Crippen molar-refractivity contribution in [2.45, 2.75) is 32.4 Å². The highest BCUT2D eigenvalue weighted by Gasteiger charge is 2.18. The number of rotatable bonds is 3. The van der Waals surface area contributed by atoms with Crippen LogP contribution in [0.5, 0.6) is 0 Å². The Kier molecular flexibility index (Phi) is 4.02. The van der Waals surface area contributed by atoms with Crippen LogP contribution in [-0.2, 0) is 6.54 Å². The molecule has 0 bridgehead atoms. The lowest BCUT2D eigenvalue weighted by Gasteiger charge is -2.33. The number of β-amino-alcohol motifs (C(OH)–C–C–N with tert-alkyl or cyclic N) is 1. The highest BCUT2D eigenvalue weighted by molar-refractivity contribution is 5.54. The van der Waals surface area contributed by atoms with Crippen LogP contribution < -0.4 is 10.2 Å². The molecule has 94 valence electrons. The standard InChI is InChI=1S/C14H22N2O/c1-11-8-12(9-15-2)5-6-14(11)16-7-3-4-13(17)10-16/h5-6,8,13,15,17H,3-4,7,9-10H2,1-2H3. The minimum absolute atomic E-state index is 0.167. The molecule has 1 saturated heterocycles. The van der Waals surface area contributed by atoms with E-state index in [1.807, 2.05) is 7.05 Å². The number of nitrogens with zero attached hydrogens (tertiary/aromatic N) is 1. The van der Waals surface area contributed by atoms with Gasteiger partial charge in [0.25, 0.3) is 0 Å². The molecule has 1 aromatic carbocycles. The molecule has 1 heterocycles. The van der Waals surface area contributed by atoms with Crippen molar-refractivity contribution in [3.63, 3.8) is 0 Å². The van der Waals surface area contributed by atoms with Crippen LogP contribution in [0.1, 0.15) is 24.0 Å². The Bertz CT molecular complexity index is 378. The smallest absolute Gasteiger partial charge is 0.0715 e. The molecule has 1 fully saturated rings. The Labute approximate surface area is 103 Å². The number of nitrogens with one attached hydrogen (secondary N) is 1. The summed E-state index contributed by atoms with van der Waals surface area (Å²) in [5, 5.41) is 12.9. The first-order valence-electron chi connectivity index (χ1n) is 6.38. The number of anilines is 1. The molecule has 3 nitrogen and oxygen atoms in total. The van der Waals surface area contributed by atoms with Crippen molar-refractivity contribution in [1.82, 2.24) is 5.32 Å². The van der Waals surface area contributed by atoms with Gasteiger partial charge in [0.2, 0.25) is 0 Å². The van der Waals surface area contributed by atoms with E-state index in [4.69, 9.17) is 0 Å². The van der Waals surface area contributed by atoms with Gasteiger partial charge in [-0.05, 0) is 44.0 Å². The van der Waals surface area contributed by atoms with E-state index in [1.54, 1.807) is 0 Å². The van der Waals surface area contributed by atoms with E-state index in [0.29, 0.717) is 0 Å². The lowest BCUT2D eigenvalue weighted by Crippen LogP contribution is -2.38. The molecular weight excluding hydrogens is 212 g/mol. The maximum Gasteiger partial charge on any atom is 0.0715 e. The zero-order chi connectivity index (χ0) is 12.3. The van der Waals surface area contributed by atoms with Crippen LogP contribution in [0.25, 0.3) is 0 Å². The van der Waals surface area contributed by atoms with Crippen LogP contribution in [0.3, 0.4) is 0 Å². The number of aryl methyl sites for hydroxylation is 1. The molecule has 1 atom stereocenters. The van der Waals surface area contributed by atoms with Crippen LogP contribution in [-0.4, -0.2) is 31.3 Å². The van der Waals surface area contributed by atoms with E-state index in [0.717, 1.165) is 32.5 Å². The second-order valence-electron chi connectivity index (χ2n) is 4.89. The van der Waals surface area contributed by atoms with Gasteiger partial charge in [-0.25, -0.2) is 0 Å². The second-order valence-corrected chi connectivity index (χ2v) is 4.89. The highest BCUT2D eigenvalue weighted by atomic mass is 16.3. The van der Waals surface area contributed by atoms with Crippen molar-refractivity contribution in [2.24, 2.45) is 0 Å². The van der Waals surface area contributed by atoms with Crippen molar-refractivity contribution >= 4 is 5.69 Å². The zero-order valence-corrected chi connectivity index (χ0v) is 10.7. The molecule has 0 aliphatic carbocycles. The third kappa shape index (κ3) is 2.99. The van der Waals surface area contributed by atoms with Gasteiger partial charge >= 0.3 is 0 Å². The average molecular weight is 234 g/mol. The molecule has 1 unspecified atom stereocenters. The largest absolute Gasteiger partial charge is 0.391 e. The quantitative estimate of drug-likeness (QED) is 0.835. The van der Waals surface area contributed by atoms with Gasteiger partial charge in [-0.1, -0.05) is 12.1 Å². The first kappa shape index (κ1) is 12.4. The normalized spacial score (nSPS) is 20.6. The van der Waals surface area contributed by atoms with Gasteiger partial charge in [0.15, 0.2) is 0 Å². The summed E-state index contributed by atoms with van der Waals surface area (Å²) in [6.45, 7) is 4.88. The van der Waals surface area contributed by atoms with Crippen molar-refractivity contribution in [1.29, 1.82) is 0 Å². The van der Waals surface area contributed by atoms with Crippen LogP contribution in [0.2, 0.25) is 0 Å². The van der Waals surface area contributed by atoms with E-state index in [-0.39, 0.29) is 6.10 Å². The summed E-state index contributed by atoms with van der Waals surface area (Å²) in [5.74, 6) is 0. The number of hydrogen-bond donors (Lipinski definition) is 2. The molecule has 0 aromatic heterocycles. The first-order valence-corrected chi connectivity index (χ1v) is 6.38. The fourth-order valence-corrected chi connectivity index (χ4v) is 2.56. The number of hydrogen-bond acceptors (Lipinski definition) is 3. The Morgan fingerprint density at radius 2 is 2.29 bits per heavy atom. The Hall–Kier alpha value is -1.06. The van der Waals surface area contributed by atoms with Crippen LogP contribution >= 0.6 is 0 Å². The molecule has 1 aliphatic rings. The summed E-state index contributed by atoms with van der Waals surface area (Å²) < 4.78 is 0. The van der Waals surface area contributed by atoms with Crippen LogP contribution in [0.4, 0.5) is 5.69 Å². The van der Waals surface area contributed by atoms with E-state index in [1.165, 1.54) is 16.8 Å². The lowest BCUT2D eigenvalue weighted by atomic mass is 10.0. The first-order chi connectivity index (χ1) is 8.20. The van der Waals surface area contributed by atoms with Crippen LogP contribution in [0, 0.1) is 6.92 Å². The summed E-state index contributed by atoms with van der Waals surface area (Å²) in [5.41, 5.74) is 3.88. The summed E-state index contributed by atoms with van der Waals surface area (Å²) >= 11 is 0. The molecule has 17 heavy (non-hydrogen) atoms.